The molecule has 1 aromatic rings. The second kappa shape index (κ2) is 4.14. The van der Waals surface area contributed by atoms with Crippen LogP contribution in [-0.2, 0) is 0 Å². The predicted molar refractivity (Wildman–Crippen MR) is 61.7 cm³/mol. The number of nitro groups is 1. The lowest BCUT2D eigenvalue weighted by Crippen LogP contribution is -2.30. The van der Waals surface area contributed by atoms with E-state index in [0.717, 1.165) is 6.42 Å². The molecule has 2 atom stereocenters. The van der Waals surface area contributed by atoms with E-state index in [1.54, 1.807) is 13.0 Å². The zero-order chi connectivity index (χ0) is 12.6. The third-order valence-electron chi connectivity index (χ3n) is 2.90. The number of carbonyl (C=O) groups excluding carboxylic acids is 1. The van der Waals surface area contributed by atoms with Gasteiger partial charge in [0.1, 0.15) is 0 Å². The molecule has 90 valence electrons. The van der Waals surface area contributed by atoms with E-state index in [1.807, 2.05) is 0 Å². The number of nitro benzene ring substituents is 1. The highest BCUT2D eigenvalue weighted by Crippen LogP contribution is 2.23. The van der Waals surface area contributed by atoms with Crippen molar-refractivity contribution in [3.05, 3.63) is 39.4 Å². The van der Waals surface area contributed by atoms with Gasteiger partial charge in [-0.1, -0.05) is 6.07 Å². The van der Waals surface area contributed by atoms with Crippen LogP contribution in [0.3, 0.4) is 0 Å². The minimum atomic E-state index is -0.491. The lowest BCUT2D eigenvalue weighted by molar-refractivity contribution is -0.385. The summed E-state index contributed by atoms with van der Waals surface area (Å²) >= 11 is 0. The summed E-state index contributed by atoms with van der Waals surface area (Å²) in [6.07, 6.45) is 0.764. The van der Waals surface area contributed by atoms with Gasteiger partial charge in [-0.2, -0.15) is 0 Å². The van der Waals surface area contributed by atoms with Crippen LogP contribution in [0, 0.1) is 17.0 Å². The molecule has 0 spiro atoms. The number of rotatable bonds is 3. The van der Waals surface area contributed by atoms with Gasteiger partial charge in [-0.25, -0.2) is 0 Å². The number of nitrogens with one attached hydrogen (secondary N) is 1. The summed E-state index contributed by atoms with van der Waals surface area (Å²) in [5, 5.41) is 13.5. The quantitative estimate of drug-likeness (QED) is 0.596. The predicted octanol–water partition coefficient (Wildman–Crippen LogP) is 0.733. The Hall–Kier alpha value is -1.95. The first kappa shape index (κ1) is 11.5. The Bertz CT molecular complexity index is 487. The van der Waals surface area contributed by atoms with Gasteiger partial charge in [-0.15, -0.1) is 0 Å². The summed E-state index contributed by atoms with van der Waals surface area (Å²) in [5.74, 6) is -0.302. The number of benzene rings is 1. The Morgan fingerprint density at radius 3 is 2.76 bits per heavy atom. The standard InChI is InChI=1S/C11H13N3O3/c1-6-7(3-2-4-10(6)14(16)17)11(15)13-9-5-8(9)12/h2-4,8-9H,5,12H2,1H3,(H,13,15). The number of nitrogens with two attached hydrogens (primary N) is 1. The zero-order valence-electron chi connectivity index (χ0n) is 9.34. The van der Waals surface area contributed by atoms with Crippen LogP contribution in [-0.4, -0.2) is 22.9 Å². The number of hydrogen-bond acceptors (Lipinski definition) is 4. The molecule has 1 aromatic carbocycles. The van der Waals surface area contributed by atoms with Crippen LogP contribution in [0.5, 0.6) is 0 Å². The molecular weight excluding hydrogens is 222 g/mol. The van der Waals surface area contributed by atoms with Crippen molar-refractivity contribution < 1.29 is 9.72 Å². The average molecular weight is 235 g/mol. The van der Waals surface area contributed by atoms with Crippen molar-refractivity contribution in [2.24, 2.45) is 5.73 Å². The summed E-state index contributed by atoms with van der Waals surface area (Å²) in [4.78, 5) is 22.1. The number of hydrogen-bond donors (Lipinski definition) is 2. The van der Waals surface area contributed by atoms with Crippen LogP contribution in [0.2, 0.25) is 0 Å². The first-order chi connectivity index (χ1) is 8.00. The molecule has 2 unspecified atom stereocenters. The van der Waals surface area contributed by atoms with Crippen molar-refractivity contribution in [1.82, 2.24) is 5.32 Å². The maximum atomic E-state index is 11.8. The number of amides is 1. The Morgan fingerprint density at radius 1 is 1.59 bits per heavy atom. The van der Waals surface area contributed by atoms with Crippen molar-refractivity contribution in [2.75, 3.05) is 0 Å². The lowest BCUT2D eigenvalue weighted by atomic mass is 10.1. The summed E-state index contributed by atoms with van der Waals surface area (Å²) < 4.78 is 0. The highest BCUT2D eigenvalue weighted by Gasteiger charge is 2.35. The minimum absolute atomic E-state index is 0.00108. The molecule has 0 saturated heterocycles. The number of nitrogens with zero attached hydrogens (tertiary/aromatic N) is 1. The van der Waals surface area contributed by atoms with E-state index in [4.69, 9.17) is 5.73 Å². The van der Waals surface area contributed by atoms with Gasteiger partial charge in [0.25, 0.3) is 11.6 Å². The SMILES string of the molecule is Cc1c(C(=O)NC2CC2N)cccc1[N+](=O)[O-]. The van der Waals surface area contributed by atoms with Gasteiger partial charge in [0.05, 0.1) is 4.92 Å². The second-order valence-corrected chi connectivity index (χ2v) is 4.19. The average Bonchev–Trinajstić information content (AvgIpc) is 2.93. The minimum Gasteiger partial charge on any atom is -0.348 e. The smallest absolute Gasteiger partial charge is 0.273 e. The summed E-state index contributed by atoms with van der Waals surface area (Å²) in [7, 11) is 0. The van der Waals surface area contributed by atoms with E-state index >= 15 is 0 Å². The highest BCUT2D eigenvalue weighted by atomic mass is 16.6. The van der Waals surface area contributed by atoms with Crippen molar-refractivity contribution in [3.8, 4) is 0 Å². The van der Waals surface area contributed by atoms with E-state index in [2.05, 4.69) is 5.32 Å². The monoisotopic (exact) mass is 235 g/mol. The molecule has 0 aromatic heterocycles. The normalized spacial score (nSPS) is 22.0. The molecule has 2 rings (SSSR count). The Labute approximate surface area is 98.0 Å². The first-order valence-corrected chi connectivity index (χ1v) is 5.31. The molecular formula is C11H13N3O3. The van der Waals surface area contributed by atoms with Crippen LogP contribution in [0.25, 0.3) is 0 Å². The number of carbonyl (C=O) groups is 1. The first-order valence-electron chi connectivity index (χ1n) is 5.31. The molecule has 17 heavy (non-hydrogen) atoms. The van der Waals surface area contributed by atoms with Crippen molar-refractivity contribution >= 4 is 11.6 Å². The fourth-order valence-corrected chi connectivity index (χ4v) is 1.69. The summed E-state index contributed by atoms with van der Waals surface area (Å²) in [6.45, 7) is 1.57. The maximum absolute atomic E-state index is 11.8. The molecule has 0 heterocycles. The molecule has 6 nitrogen and oxygen atoms in total. The van der Waals surface area contributed by atoms with E-state index in [0.29, 0.717) is 11.1 Å². The van der Waals surface area contributed by atoms with Gasteiger partial charge in [0, 0.05) is 29.3 Å². The van der Waals surface area contributed by atoms with E-state index in [9.17, 15) is 14.9 Å². The van der Waals surface area contributed by atoms with E-state index in [1.165, 1.54) is 12.1 Å². The van der Waals surface area contributed by atoms with Crippen LogP contribution in [0.15, 0.2) is 18.2 Å². The zero-order valence-corrected chi connectivity index (χ0v) is 9.34. The highest BCUT2D eigenvalue weighted by molar-refractivity contribution is 5.97. The topological polar surface area (TPSA) is 98.3 Å². The van der Waals surface area contributed by atoms with Crippen molar-refractivity contribution in [1.29, 1.82) is 0 Å². The van der Waals surface area contributed by atoms with Gasteiger partial charge in [0.15, 0.2) is 0 Å². The molecule has 1 saturated carbocycles. The molecule has 0 radical (unpaired) electrons. The molecule has 0 bridgehead atoms. The summed E-state index contributed by atoms with van der Waals surface area (Å²) in [6, 6.07) is 4.48. The maximum Gasteiger partial charge on any atom is 0.273 e. The molecule has 1 aliphatic rings. The van der Waals surface area contributed by atoms with Crippen LogP contribution < -0.4 is 11.1 Å². The molecule has 6 heteroatoms. The van der Waals surface area contributed by atoms with E-state index in [-0.39, 0.29) is 23.7 Å². The van der Waals surface area contributed by atoms with Gasteiger partial charge in [-0.05, 0) is 19.4 Å². The molecule has 0 aliphatic heterocycles. The van der Waals surface area contributed by atoms with Gasteiger partial charge in [0.2, 0.25) is 0 Å². The van der Waals surface area contributed by atoms with Gasteiger partial charge < -0.3 is 11.1 Å². The third kappa shape index (κ3) is 2.26. The third-order valence-corrected chi connectivity index (χ3v) is 2.90. The van der Waals surface area contributed by atoms with E-state index < -0.39 is 4.92 Å². The lowest BCUT2D eigenvalue weighted by Gasteiger charge is -2.06. The molecule has 1 aliphatic carbocycles. The molecule has 3 N–H and O–H groups in total. The second-order valence-electron chi connectivity index (χ2n) is 4.19. The Kier molecular flexibility index (Phi) is 2.81. The summed E-state index contributed by atoms with van der Waals surface area (Å²) in [5.41, 5.74) is 6.25. The van der Waals surface area contributed by atoms with Gasteiger partial charge in [-0.3, -0.25) is 14.9 Å². The van der Waals surface area contributed by atoms with Crippen LogP contribution in [0.1, 0.15) is 22.3 Å². The van der Waals surface area contributed by atoms with Crippen LogP contribution in [0.4, 0.5) is 5.69 Å². The molecule has 1 fully saturated rings. The fraction of sp³-hybridized carbons (Fsp3) is 0.364. The van der Waals surface area contributed by atoms with Crippen molar-refractivity contribution in [3.63, 3.8) is 0 Å². The molecule has 1 amide bonds. The van der Waals surface area contributed by atoms with Gasteiger partial charge >= 0.3 is 0 Å². The largest absolute Gasteiger partial charge is 0.348 e. The van der Waals surface area contributed by atoms with Crippen LogP contribution >= 0.6 is 0 Å². The Balaban J connectivity index is 2.23. The fourth-order valence-electron chi connectivity index (χ4n) is 1.69. The Morgan fingerprint density at radius 2 is 2.24 bits per heavy atom. The van der Waals surface area contributed by atoms with Crippen molar-refractivity contribution in [2.45, 2.75) is 25.4 Å².